The van der Waals surface area contributed by atoms with E-state index in [-0.39, 0.29) is 22.6 Å². The van der Waals surface area contributed by atoms with Crippen LogP contribution in [0.2, 0.25) is 0 Å². The number of carbonyl (C=O) groups is 1. The average molecular weight is 264 g/mol. The van der Waals surface area contributed by atoms with Crippen LogP contribution in [-0.4, -0.2) is 22.1 Å². The van der Waals surface area contributed by atoms with Crippen molar-refractivity contribution in [2.24, 2.45) is 16.7 Å². The van der Waals surface area contributed by atoms with Crippen LogP contribution >= 0.6 is 0 Å². The smallest absolute Gasteiger partial charge is 0.357 e. The molecule has 2 saturated carbocycles. The first-order valence-corrected chi connectivity index (χ1v) is 6.78. The molecule has 19 heavy (non-hydrogen) atoms. The summed E-state index contributed by atoms with van der Waals surface area (Å²) in [5, 5.41) is 12.2. The SMILES string of the molecule is CC12CCC(C1)C(C)(C)C2Nc1nc(C(=O)O)co1. The Morgan fingerprint density at radius 1 is 1.53 bits per heavy atom. The molecule has 0 spiro atoms. The maximum atomic E-state index is 10.8. The molecule has 1 aromatic rings. The largest absolute Gasteiger partial charge is 0.476 e. The second-order valence-corrected chi connectivity index (χ2v) is 6.84. The maximum Gasteiger partial charge on any atom is 0.357 e. The van der Waals surface area contributed by atoms with E-state index in [2.05, 4.69) is 31.1 Å². The molecule has 5 heteroatoms. The molecule has 104 valence electrons. The van der Waals surface area contributed by atoms with Crippen molar-refractivity contribution < 1.29 is 14.3 Å². The Morgan fingerprint density at radius 2 is 2.26 bits per heavy atom. The predicted molar refractivity (Wildman–Crippen MR) is 70.1 cm³/mol. The third-order valence-corrected chi connectivity index (χ3v) is 5.26. The first-order valence-electron chi connectivity index (χ1n) is 6.78. The number of rotatable bonds is 3. The van der Waals surface area contributed by atoms with Gasteiger partial charge in [-0.05, 0) is 36.0 Å². The number of anilines is 1. The van der Waals surface area contributed by atoms with Crippen LogP contribution in [0.15, 0.2) is 10.7 Å². The number of nitrogens with zero attached hydrogens (tertiary/aromatic N) is 1. The van der Waals surface area contributed by atoms with Gasteiger partial charge in [-0.3, -0.25) is 0 Å². The van der Waals surface area contributed by atoms with Crippen molar-refractivity contribution >= 4 is 12.0 Å². The Labute approximate surface area is 112 Å². The highest BCUT2D eigenvalue weighted by atomic mass is 16.4. The number of nitrogens with one attached hydrogen (secondary N) is 1. The molecule has 3 atom stereocenters. The fourth-order valence-corrected chi connectivity index (χ4v) is 4.22. The molecule has 1 aromatic heterocycles. The van der Waals surface area contributed by atoms with Gasteiger partial charge in [-0.2, -0.15) is 4.98 Å². The van der Waals surface area contributed by atoms with Crippen molar-refractivity contribution in [3.05, 3.63) is 12.0 Å². The lowest BCUT2D eigenvalue weighted by atomic mass is 9.68. The van der Waals surface area contributed by atoms with Gasteiger partial charge >= 0.3 is 5.97 Å². The predicted octanol–water partition coefficient (Wildman–Crippen LogP) is 3.00. The van der Waals surface area contributed by atoms with Gasteiger partial charge in [0.1, 0.15) is 6.26 Å². The molecule has 0 radical (unpaired) electrons. The topological polar surface area (TPSA) is 75.4 Å². The Hall–Kier alpha value is -1.52. The summed E-state index contributed by atoms with van der Waals surface area (Å²) in [4.78, 5) is 14.8. The van der Waals surface area contributed by atoms with Gasteiger partial charge in [0.25, 0.3) is 6.01 Å². The summed E-state index contributed by atoms with van der Waals surface area (Å²) in [7, 11) is 0. The van der Waals surface area contributed by atoms with E-state index in [0.29, 0.717) is 6.01 Å². The van der Waals surface area contributed by atoms with Gasteiger partial charge in [0.05, 0.1) is 0 Å². The fourth-order valence-electron chi connectivity index (χ4n) is 4.22. The number of fused-ring (bicyclic) bond motifs is 2. The first kappa shape index (κ1) is 12.5. The van der Waals surface area contributed by atoms with E-state index >= 15 is 0 Å². The summed E-state index contributed by atoms with van der Waals surface area (Å²) in [6.07, 6.45) is 4.91. The number of hydrogen-bond donors (Lipinski definition) is 2. The Morgan fingerprint density at radius 3 is 2.79 bits per heavy atom. The molecule has 0 amide bonds. The van der Waals surface area contributed by atoms with Gasteiger partial charge < -0.3 is 14.8 Å². The highest BCUT2D eigenvalue weighted by Gasteiger charge is 2.59. The van der Waals surface area contributed by atoms with E-state index in [1.165, 1.54) is 25.5 Å². The summed E-state index contributed by atoms with van der Waals surface area (Å²) in [5.41, 5.74) is 0.394. The quantitative estimate of drug-likeness (QED) is 0.877. The molecular weight excluding hydrogens is 244 g/mol. The Balaban J connectivity index is 1.84. The molecule has 1 heterocycles. The molecular formula is C14H20N2O3. The van der Waals surface area contributed by atoms with Crippen molar-refractivity contribution in [2.45, 2.75) is 46.1 Å². The van der Waals surface area contributed by atoms with E-state index in [9.17, 15) is 4.79 Å². The van der Waals surface area contributed by atoms with E-state index in [1.807, 2.05) is 0 Å². The zero-order chi connectivity index (χ0) is 13.8. The fraction of sp³-hybridized carbons (Fsp3) is 0.714. The van der Waals surface area contributed by atoms with E-state index in [1.54, 1.807) is 0 Å². The normalized spacial score (nSPS) is 35.5. The van der Waals surface area contributed by atoms with Crippen LogP contribution in [0.1, 0.15) is 50.5 Å². The lowest BCUT2D eigenvalue weighted by Gasteiger charge is -2.42. The molecule has 0 saturated heterocycles. The summed E-state index contributed by atoms with van der Waals surface area (Å²) >= 11 is 0. The van der Waals surface area contributed by atoms with Crippen molar-refractivity contribution in [1.29, 1.82) is 0 Å². The molecule has 2 aliphatic carbocycles. The number of hydrogen-bond acceptors (Lipinski definition) is 4. The van der Waals surface area contributed by atoms with Gasteiger partial charge in [-0.25, -0.2) is 4.79 Å². The highest BCUT2D eigenvalue weighted by Crippen LogP contribution is 2.63. The summed E-state index contributed by atoms with van der Waals surface area (Å²) in [5.74, 6) is -0.334. The van der Waals surface area contributed by atoms with Crippen molar-refractivity contribution in [1.82, 2.24) is 4.98 Å². The zero-order valence-electron chi connectivity index (χ0n) is 11.6. The minimum atomic E-state index is -1.06. The maximum absolute atomic E-state index is 10.8. The van der Waals surface area contributed by atoms with Crippen LogP contribution in [-0.2, 0) is 0 Å². The van der Waals surface area contributed by atoms with E-state index in [0.717, 1.165) is 5.92 Å². The monoisotopic (exact) mass is 264 g/mol. The number of carboxylic acids is 1. The van der Waals surface area contributed by atoms with Gasteiger partial charge in [-0.1, -0.05) is 20.8 Å². The Kier molecular flexibility index (Phi) is 2.46. The summed E-state index contributed by atoms with van der Waals surface area (Å²) in [6.45, 7) is 6.86. The third kappa shape index (κ3) is 1.75. The van der Waals surface area contributed by atoms with Crippen LogP contribution in [0.25, 0.3) is 0 Å². The van der Waals surface area contributed by atoms with Crippen molar-refractivity contribution in [3.63, 3.8) is 0 Å². The Bertz CT molecular complexity index is 518. The molecule has 0 aliphatic heterocycles. The van der Waals surface area contributed by atoms with Crippen LogP contribution in [0, 0.1) is 16.7 Å². The van der Waals surface area contributed by atoms with Crippen LogP contribution in [0.4, 0.5) is 6.01 Å². The summed E-state index contributed by atoms with van der Waals surface area (Å²) in [6, 6.07) is 0.600. The van der Waals surface area contributed by atoms with Crippen LogP contribution < -0.4 is 5.32 Å². The lowest BCUT2D eigenvalue weighted by molar-refractivity contribution is 0.0690. The second-order valence-electron chi connectivity index (χ2n) is 6.84. The molecule has 2 N–H and O–H groups in total. The molecule has 3 rings (SSSR count). The standard InChI is InChI=1S/C14H20N2O3/c1-13(2)8-4-5-14(3,6-8)11(13)16-12-15-9(7-19-12)10(17)18/h7-8,11H,4-6H2,1-3H3,(H,15,16)(H,17,18). The molecule has 2 bridgehead atoms. The molecule has 3 unspecified atom stereocenters. The highest BCUT2D eigenvalue weighted by molar-refractivity contribution is 5.85. The van der Waals surface area contributed by atoms with Crippen molar-refractivity contribution in [3.8, 4) is 0 Å². The molecule has 5 nitrogen and oxygen atoms in total. The minimum absolute atomic E-state index is 0.0476. The van der Waals surface area contributed by atoms with Gasteiger partial charge in [-0.15, -0.1) is 0 Å². The van der Waals surface area contributed by atoms with E-state index in [4.69, 9.17) is 9.52 Å². The van der Waals surface area contributed by atoms with Gasteiger partial charge in [0.15, 0.2) is 5.69 Å². The first-order chi connectivity index (χ1) is 8.83. The van der Waals surface area contributed by atoms with Gasteiger partial charge in [0.2, 0.25) is 0 Å². The molecule has 2 aliphatic rings. The number of oxazole rings is 1. The molecule has 2 fully saturated rings. The number of carboxylic acid groups (broad SMARTS) is 1. The third-order valence-electron chi connectivity index (χ3n) is 5.26. The van der Waals surface area contributed by atoms with E-state index < -0.39 is 5.97 Å². The number of aromatic carboxylic acids is 1. The zero-order valence-corrected chi connectivity index (χ0v) is 11.6. The van der Waals surface area contributed by atoms with Crippen LogP contribution in [0.3, 0.4) is 0 Å². The average Bonchev–Trinajstić information content (AvgIpc) is 2.95. The van der Waals surface area contributed by atoms with Gasteiger partial charge in [0, 0.05) is 6.04 Å². The minimum Gasteiger partial charge on any atom is -0.476 e. The number of aromatic nitrogens is 1. The summed E-state index contributed by atoms with van der Waals surface area (Å²) < 4.78 is 5.23. The lowest BCUT2D eigenvalue weighted by Crippen LogP contribution is -2.45. The molecule has 0 aromatic carbocycles. The second kappa shape index (κ2) is 3.74. The van der Waals surface area contributed by atoms with Crippen LogP contribution in [0.5, 0.6) is 0 Å². The van der Waals surface area contributed by atoms with Crippen molar-refractivity contribution in [2.75, 3.05) is 5.32 Å².